The zero-order valence-corrected chi connectivity index (χ0v) is 5.88. The van der Waals surface area contributed by atoms with Gasteiger partial charge in [-0.2, -0.15) is 0 Å². The molecule has 0 unspecified atom stereocenters. The van der Waals surface area contributed by atoms with E-state index in [1.165, 1.54) is 0 Å². The molecule has 3 nitrogen and oxygen atoms in total. The maximum Gasteiger partial charge on any atom is 0.318 e. The van der Waals surface area contributed by atoms with Gasteiger partial charge in [0.15, 0.2) is 0 Å². The lowest BCUT2D eigenvalue weighted by Gasteiger charge is -2.04. The van der Waals surface area contributed by atoms with Crippen molar-refractivity contribution in [3.8, 4) is 0 Å². The normalized spacial score (nSPS) is 41.0. The first kappa shape index (κ1) is 5.89. The molecule has 1 saturated carbocycles. The summed E-state index contributed by atoms with van der Waals surface area (Å²) in [6.45, 7) is 3.83. The van der Waals surface area contributed by atoms with Gasteiger partial charge in [0, 0.05) is 0 Å². The van der Waals surface area contributed by atoms with Gasteiger partial charge in [0.05, 0.1) is 11.8 Å². The van der Waals surface area contributed by atoms with Crippen molar-refractivity contribution >= 4 is 11.9 Å². The number of rotatable bonds is 0. The number of fused-ring (bicyclic) bond motifs is 1. The fourth-order valence-corrected chi connectivity index (χ4v) is 1.74. The largest absolute Gasteiger partial charge is 0.393 e. The lowest BCUT2D eigenvalue weighted by atomic mass is 10.1. The summed E-state index contributed by atoms with van der Waals surface area (Å²) in [5.74, 6) is -0.944. The Labute approximate surface area is 58.4 Å². The maximum atomic E-state index is 10.8. The number of carbonyl (C=O) groups excluding carboxylic acids is 2. The van der Waals surface area contributed by atoms with Crippen molar-refractivity contribution in [3.05, 3.63) is 0 Å². The Morgan fingerprint density at radius 2 is 1.60 bits per heavy atom. The molecule has 0 aromatic carbocycles. The first-order valence-electron chi connectivity index (χ1n) is 3.30. The molecule has 10 heavy (non-hydrogen) atoms. The molecule has 0 bridgehead atoms. The van der Waals surface area contributed by atoms with Crippen LogP contribution in [0.3, 0.4) is 0 Å². The van der Waals surface area contributed by atoms with E-state index in [0.717, 1.165) is 0 Å². The summed E-state index contributed by atoms with van der Waals surface area (Å²) in [5.41, 5.74) is -0.119. The van der Waals surface area contributed by atoms with Gasteiger partial charge in [-0.15, -0.1) is 0 Å². The van der Waals surface area contributed by atoms with E-state index in [1.807, 2.05) is 13.8 Å². The third kappa shape index (κ3) is 0.426. The molecule has 1 aliphatic heterocycles. The van der Waals surface area contributed by atoms with Crippen LogP contribution in [0.4, 0.5) is 0 Å². The highest BCUT2D eigenvalue weighted by molar-refractivity contribution is 6.02. The van der Waals surface area contributed by atoms with Crippen LogP contribution in [-0.4, -0.2) is 11.9 Å². The predicted molar refractivity (Wildman–Crippen MR) is 31.9 cm³/mol. The quantitative estimate of drug-likeness (QED) is 0.360. The molecule has 54 valence electrons. The van der Waals surface area contributed by atoms with E-state index in [1.54, 1.807) is 0 Å². The van der Waals surface area contributed by atoms with E-state index in [9.17, 15) is 9.59 Å². The van der Waals surface area contributed by atoms with Crippen molar-refractivity contribution < 1.29 is 14.3 Å². The number of cyclic esters (lactones) is 2. The zero-order valence-electron chi connectivity index (χ0n) is 5.88. The van der Waals surface area contributed by atoms with Gasteiger partial charge in [-0.3, -0.25) is 9.59 Å². The Kier molecular flexibility index (Phi) is 0.743. The van der Waals surface area contributed by atoms with Crippen molar-refractivity contribution in [2.24, 2.45) is 17.3 Å². The van der Waals surface area contributed by atoms with Crippen LogP contribution >= 0.6 is 0 Å². The van der Waals surface area contributed by atoms with Gasteiger partial charge in [-0.1, -0.05) is 13.8 Å². The van der Waals surface area contributed by atoms with Gasteiger partial charge < -0.3 is 4.74 Å². The molecule has 0 N–H and O–H groups in total. The number of ether oxygens (including phenoxy) is 1. The molecular weight excluding hydrogens is 132 g/mol. The van der Waals surface area contributed by atoms with Crippen LogP contribution in [0, 0.1) is 17.3 Å². The smallest absolute Gasteiger partial charge is 0.318 e. The summed E-state index contributed by atoms with van der Waals surface area (Å²) in [6.07, 6.45) is 0. The van der Waals surface area contributed by atoms with E-state index in [0.29, 0.717) is 0 Å². The van der Waals surface area contributed by atoms with Gasteiger partial charge >= 0.3 is 11.9 Å². The second kappa shape index (κ2) is 1.26. The summed E-state index contributed by atoms with van der Waals surface area (Å²) < 4.78 is 4.38. The van der Waals surface area contributed by atoms with Crippen molar-refractivity contribution in [2.75, 3.05) is 0 Å². The Balaban J connectivity index is 2.34. The average molecular weight is 140 g/mol. The minimum Gasteiger partial charge on any atom is -0.393 e. The lowest BCUT2D eigenvalue weighted by Crippen LogP contribution is -2.14. The lowest BCUT2D eigenvalue weighted by molar-refractivity contribution is -0.157. The highest BCUT2D eigenvalue weighted by atomic mass is 16.6. The number of carbonyl (C=O) groups is 2. The monoisotopic (exact) mass is 140 g/mol. The van der Waals surface area contributed by atoms with E-state index < -0.39 is 0 Å². The first-order chi connectivity index (χ1) is 4.55. The molecule has 0 aromatic heterocycles. The van der Waals surface area contributed by atoms with Gasteiger partial charge in [-0.05, 0) is 5.41 Å². The molecule has 0 radical (unpaired) electrons. The average Bonchev–Trinajstić information content (AvgIpc) is 2.17. The molecule has 1 saturated heterocycles. The number of hydrogen-bond donors (Lipinski definition) is 0. The standard InChI is InChI=1S/C7H8O3/c1-7(2)3-4(7)6(9)10-5(3)8/h3-4H,1-2H3/t3-,4+. The van der Waals surface area contributed by atoms with Crippen LogP contribution in [0.15, 0.2) is 0 Å². The summed E-state index contributed by atoms with van der Waals surface area (Å²) in [6, 6.07) is 0. The van der Waals surface area contributed by atoms with E-state index in [2.05, 4.69) is 4.74 Å². The molecule has 2 atom stereocenters. The molecular formula is C7H8O3. The van der Waals surface area contributed by atoms with Gasteiger partial charge in [0.2, 0.25) is 0 Å². The summed E-state index contributed by atoms with van der Waals surface area (Å²) in [5, 5.41) is 0. The van der Waals surface area contributed by atoms with Crippen molar-refractivity contribution in [2.45, 2.75) is 13.8 Å². The third-order valence-corrected chi connectivity index (χ3v) is 2.54. The van der Waals surface area contributed by atoms with Crippen LogP contribution in [0.5, 0.6) is 0 Å². The second-order valence-corrected chi connectivity index (χ2v) is 3.52. The van der Waals surface area contributed by atoms with Crippen molar-refractivity contribution in [1.29, 1.82) is 0 Å². The van der Waals surface area contributed by atoms with Crippen molar-refractivity contribution in [3.63, 3.8) is 0 Å². The van der Waals surface area contributed by atoms with E-state index >= 15 is 0 Å². The van der Waals surface area contributed by atoms with Gasteiger partial charge in [0.1, 0.15) is 0 Å². The fraction of sp³-hybridized carbons (Fsp3) is 0.714. The topological polar surface area (TPSA) is 43.4 Å². The number of hydrogen-bond acceptors (Lipinski definition) is 3. The highest BCUT2D eigenvalue weighted by Gasteiger charge is 2.72. The minimum atomic E-state index is -0.333. The van der Waals surface area contributed by atoms with Crippen LogP contribution in [0.25, 0.3) is 0 Å². The molecule has 2 rings (SSSR count). The van der Waals surface area contributed by atoms with Gasteiger partial charge in [0.25, 0.3) is 0 Å². The van der Waals surface area contributed by atoms with Crippen LogP contribution in [0.1, 0.15) is 13.8 Å². The van der Waals surface area contributed by atoms with Gasteiger partial charge in [-0.25, -0.2) is 0 Å². The molecule has 0 amide bonds. The van der Waals surface area contributed by atoms with Crippen LogP contribution in [-0.2, 0) is 14.3 Å². The molecule has 2 aliphatic rings. The van der Waals surface area contributed by atoms with Crippen LogP contribution < -0.4 is 0 Å². The summed E-state index contributed by atoms with van der Waals surface area (Å²) >= 11 is 0. The molecule has 2 fully saturated rings. The molecule has 0 spiro atoms. The Bertz CT molecular complexity index is 207. The zero-order chi connectivity index (χ0) is 7.52. The SMILES string of the molecule is CC1(C)[C@@H]2C(=O)OC(=O)[C@@H]21. The van der Waals surface area contributed by atoms with Crippen molar-refractivity contribution in [1.82, 2.24) is 0 Å². The van der Waals surface area contributed by atoms with Crippen LogP contribution in [0.2, 0.25) is 0 Å². The Hall–Kier alpha value is -0.860. The van der Waals surface area contributed by atoms with E-state index in [4.69, 9.17) is 0 Å². The summed E-state index contributed by atoms with van der Waals surface area (Å²) in [4.78, 5) is 21.6. The highest BCUT2D eigenvalue weighted by Crippen LogP contribution is 2.62. The Morgan fingerprint density at radius 1 is 1.20 bits per heavy atom. The summed E-state index contributed by atoms with van der Waals surface area (Å²) in [7, 11) is 0. The molecule has 3 heteroatoms. The molecule has 1 heterocycles. The maximum absolute atomic E-state index is 10.8. The molecule has 1 aliphatic carbocycles. The predicted octanol–water partition coefficient (Wildman–Crippen LogP) is 0.342. The number of esters is 2. The second-order valence-electron chi connectivity index (χ2n) is 3.52. The fourth-order valence-electron chi connectivity index (χ4n) is 1.74. The Morgan fingerprint density at radius 3 is 1.80 bits per heavy atom. The first-order valence-corrected chi connectivity index (χ1v) is 3.30. The third-order valence-electron chi connectivity index (χ3n) is 2.54. The minimum absolute atomic E-state index is 0.119. The van der Waals surface area contributed by atoms with E-state index in [-0.39, 0.29) is 29.2 Å². The molecule has 0 aromatic rings.